The van der Waals surface area contributed by atoms with Crippen molar-refractivity contribution in [3.63, 3.8) is 0 Å². The first-order valence-corrected chi connectivity index (χ1v) is 6.82. The van der Waals surface area contributed by atoms with Gasteiger partial charge in [0.1, 0.15) is 0 Å². The smallest absolute Gasteiger partial charge is 0.399 e. The van der Waals surface area contributed by atoms with Crippen LogP contribution in [-0.4, -0.2) is 9.55 Å². The van der Waals surface area contributed by atoms with Crippen molar-refractivity contribution in [3.8, 4) is 0 Å². The number of nitrogens with zero attached hydrogens (tertiary/aromatic N) is 2. The van der Waals surface area contributed by atoms with Crippen molar-refractivity contribution < 1.29 is 13.2 Å². The van der Waals surface area contributed by atoms with E-state index in [2.05, 4.69) is 4.98 Å². The molecule has 1 aliphatic carbocycles. The number of halogens is 3. The molecule has 114 valence electrons. The first-order valence-electron chi connectivity index (χ1n) is 6.82. The van der Waals surface area contributed by atoms with Gasteiger partial charge in [0.15, 0.2) is 0 Å². The molecule has 0 unspecified atom stereocenters. The number of fused-ring (bicyclic) bond motifs is 1. The van der Waals surface area contributed by atoms with Crippen molar-refractivity contribution in [2.24, 2.45) is 10.8 Å². The largest absolute Gasteiger partial charge is 0.449 e. The van der Waals surface area contributed by atoms with Gasteiger partial charge < -0.3 is 10.3 Å². The van der Waals surface area contributed by atoms with Crippen LogP contribution in [0.5, 0.6) is 0 Å². The zero-order valence-corrected chi connectivity index (χ0v) is 12.4. The molecule has 1 saturated carbocycles. The lowest BCUT2D eigenvalue weighted by Gasteiger charge is -2.13. The van der Waals surface area contributed by atoms with Gasteiger partial charge in [-0.1, -0.05) is 27.7 Å². The Labute approximate surface area is 121 Å². The second kappa shape index (κ2) is 3.72. The number of hydrogen-bond acceptors (Lipinski definition) is 2. The Bertz CT molecular complexity index is 712. The minimum absolute atomic E-state index is 0.220. The first-order chi connectivity index (χ1) is 9.48. The van der Waals surface area contributed by atoms with Gasteiger partial charge in [-0.2, -0.15) is 13.2 Å². The molecule has 21 heavy (non-hydrogen) atoms. The Morgan fingerprint density at radius 3 is 2.19 bits per heavy atom. The number of benzene rings is 1. The monoisotopic (exact) mass is 297 g/mol. The van der Waals surface area contributed by atoms with Gasteiger partial charge in [-0.15, -0.1) is 0 Å². The lowest BCUT2D eigenvalue weighted by molar-refractivity contribution is -0.147. The van der Waals surface area contributed by atoms with Gasteiger partial charge in [0.2, 0.25) is 5.82 Å². The maximum atomic E-state index is 13.4. The molecule has 0 radical (unpaired) electrons. The number of aromatic nitrogens is 2. The zero-order chi connectivity index (χ0) is 15.8. The van der Waals surface area contributed by atoms with E-state index in [-0.39, 0.29) is 16.9 Å². The highest BCUT2D eigenvalue weighted by Gasteiger charge is 2.67. The molecule has 6 heteroatoms. The maximum absolute atomic E-state index is 13.4. The molecular weight excluding hydrogens is 279 g/mol. The molecule has 3 nitrogen and oxygen atoms in total. The molecule has 1 aliphatic rings. The fourth-order valence-corrected chi connectivity index (χ4v) is 3.38. The van der Waals surface area contributed by atoms with E-state index in [0.29, 0.717) is 16.7 Å². The summed E-state index contributed by atoms with van der Waals surface area (Å²) in [6.45, 7) is 7.95. The Kier molecular flexibility index (Phi) is 2.52. The molecule has 1 aromatic heterocycles. The lowest BCUT2D eigenvalue weighted by Crippen LogP contribution is -2.16. The van der Waals surface area contributed by atoms with Gasteiger partial charge in [-0.05, 0) is 29.0 Å². The fourth-order valence-electron chi connectivity index (χ4n) is 3.38. The highest BCUT2D eigenvalue weighted by atomic mass is 19.4. The summed E-state index contributed by atoms with van der Waals surface area (Å²) >= 11 is 0. The molecule has 2 N–H and O–H groups in total. The van der Waals surface area contributed by atoms with Crippen LogP contribution in [0.4, 0.5) is 18.9 Å². The van der Waals surface area contributed by atoms with E-state index in [1.807, 2.05) is 27.7 Å². The van der Waals surface area contributed by atoms with Gasteiger partial charge in [0.05, 0.1) is 11.0 Å². The molecule has 0 spiro atoms. The Balaban J connectivity index is 2.31. The predicted molar refractivity (Wildman–Crippen MR) is 75.7 cm³/mol. The Hall–Kier alpha value is -1.72. The molecule has 3 rings (SSSR count). The van der Waals surface area contributed by atoms with Crippen molar-refractivity contribution >= 4 is 16.7 Å². The molecule has 0 saturated heterocycles. The number of nitrogens with two attached hydrogens (primary N) is 1. The first kappa shape index (κ1) is 14.2. The summed E-state index contributed by atoms with van der Waals surface area (Å²) in [5, 5.41) is 0. The van der Waals surface area contributed by atoms with E-state index in [9.17, 15) is 13.2 Å². The Morgan fingerprint density at radius 1 is 1.14 bits per heavy atom. The maximum Gasteiger partial charge on any atom is 0.449 e. The van der Waals surface area contributed by atoms with Crippen LogP contribution < -0.4 is 5.73 Å². The summed E-state index contributed by atoms with van der Waals surface area (Å²) in [7, 11) is 0. The van der Waals surface area contributed by atoms with E-state index in [0.717, 1.165) is 0 Å². The van der Waals surface area contributed by atoms with Crippen LogP contribution >= 0.6 is 0 Å². The van der Waals surface area contributed by atoms with Crippen LogP contribution in [0.3, 0.4) is 0 Å². The minimum atomic E-state index is -4.48. The number of anilines is 1. The second-order valence-corrected chi connectivity index (χ2v) is 6.90. The topological polar surface area (TPSA) is 43.8 Å². The fraction of sp³-hybridized carbons (Fsp3) is 0.533. The van der Waals surface area contributed by atoms with Crippen molar-refractivity contribution in [1.82, 2.24) is 9.55 Å². The van der Waals surface area contributed by atoms with Crippen LogP contribution in [0.25, 0.3) is 11.0 Å². The van der Waals surface area contributed by atoms with Crippen LogP contribution in [0, 0.1) is 10.8 Å². The highest BCUT2D eigenvalue weighted by Crippen LogP contribution is 2.72. The normalized spacial score (nSPS) is 20.9. The van der Waals surface area contributed by atoms with Crippen LogP contribution in [0.2, 0.25) is 0 Å². The van der Waals surface area contributed by atoms with Crippen LogP contribution in [0.15, 0.2) is 18.2 Å². The van der Waals surface area contributed by atoms with Crippen molar-refractivity contribution in [3.05, 3.63) is 24.0 Å². The van der Waals surface area contributed by atoms with Gasteiger partial charge in [0.25, 0.3) is 0 Å². The molecule has 0 bridgehead atoms. The molecule has 1 fully saturated rings. The second-order valence-electron chi connectivity index (χ2n) is 6.90. The number of nitrogen functional groups attached to an aromatic ring is 1. The molecule has 0 aliphatic heterocycles. The third-order valence-corrected chi connectivity index (χ3v) is 5.17. The van der Waals surface area contributed by atoms with E-state index < -0.39 is 12.0 Å². The van der Waals surface area contributed by atoms with Crippen LogP contribution in [0.1, 0.15) is 39.6 Å². The highest BCUT2D eigenvalue weighted by molar-refractivity contribution is 5.80. The number of imidazole rings is 1. The molecule has 0 atom stereocenters. The van der Waals surface area contributed by atoms with Crippen molar-refractivity contribution in [1.29, 1.82) is 0 Å². The van der Waals surface area contributed by atoms with Gasteiger partial charge in [-0.25, -0.2) is 4.98 Å². The minimum Gasteiger partial charge on any atom is -0.399 e. The molecule has 1 aromatic carbocycles. The number of rotatable bonds is 1. The van der Waals surface area contributed by atoms with E-state index >= 15 is 0 Å². The van der Waals surface area contributed by atoms with Crippen molar-refractivity contribution in [2.75, 3.05) is 5.73 Å². The summed E-state index contributed by atoms with van der Waals surface area (Å²) in [5.41, 5.74) is 6.41. The quantitative estimate of drug-likeness (QED) is 0.800. The molecule has 1 heterocycles. The summed E-state index contributed by atoms with van der Waals surface area (Å²) in [5.74, 6) is -0.841. The van der Waals surface area contributed by atoms with Crippen LogP contribution in [-0.2, 0) is 6.18 Å². The standard InChI is InChI=1S/C15H18F3N3/c1-13(2)11(14(13,3)4)21-10-6-5-8(19)7-9(10)20-12(21)15(16,17)18/h5-7,11H,19H2,1-4H3. The SMILES string of the molecule is CC1(C)C(n2c(C(F)(F)F)nc3cc(N)ccc32)C1(C)C. The third-order valence-electron chi connectivity index (χ3n) is 5.17. The van der Waals surface area contributed by atoms with Gasteiger partial charge in [0, 0.05) is 11.7 Å². The number of hydrogen-bond donors (Lipinski definition) is 1. The zero-order valence-electron chi connectivity index (χ0n) is 12.4. The third kappa shape index (κ3) is 1.77. The summed E-state index contributed by atoms with van der Waals surface area (Å²) in [6.07, 6.45) is -4.48. The average molecular weight is 297 g/mol. The number of alkyl halides is 3. The van der Waals surface area contributed by atoms with E-state index in [1.165, 1.54) is 10.6 Å². The lowest BCUT2D eigenvalue weighted by atomic mass is 10.0. The van der Waals surface area contributed by atoms with E-state index in [1.54, 1.807) is 12.1 Å². The summed E-state index contributed by atoms with van der Waals surface area (Å²) < 4.78 is 41.4. The molecule has 2 aromatic rings. The van der Waals surface area contributed by atoms with Crippen molar-refractivity contribution in [2.45, 2.75) is 39.9 Å². The van der Waals surface area contributed by atoms with Gasteiger partial charge in [-0.3, -0.25) is 0 Å². The molecule has 0 amide bonds. The molecular formula is C15H18F3N3. The average Bonchev–Trinajstić information content (AvgIpc) is 2.64. The van der Waals surface area contributed by atoms with Gasteiger partial charge >= 0.3 is 6.18 Å². The van der Waals surface area contributed by atoms with E-state index in [4.69, 9.17) is 5.73 Å². The summed E-state index contributed by atoms with van der Waals surface area (Å²) in [6, 6.07) is 4.49. The summed E-state index contributed by atoms with van der Waals surface area (Å²) in [4.78, 5) is 3.80. The Morgan fingerprint density at radius 2 is 1.71 bits per heavy atom. The predicted octanol–water partition coefficient (Wildman–Crippen LogP) is 4.24.